The summed E-state index contributed by atoms with van der Waals surface area (Å²) in [5.41, 5.74) is 6.93. The molecule has 0 spiro atoms. The lowest BCUT2D eigenvalue weighted by atomic mass is 9.98. The van der Waals surface area contributed by atoms with Gasteiger partial charge < -0.3 is 10.5 Å². The Bertz CT molecular complexity index is 402. The van der Waals surface area contributed by atoms with E-state index in [1.165, 1.54) is 5.56 Å². The Morgan fingerprint density at radius 1 is 1.29 bits per heavy atom. The van der Waals surface area contributed by atoms with Crippen molar-refractivity contribution in [2.45, 2.75) is 44.8 Å². The molecule has 3 nitrogen and oxygen atoms in total. The normalized spacial score (nSPS) is 18.8. The molecular formula is C17H27BrN2O. The lowest BCUT2D eigenvalue weighted by Gasteiger charge is -2.37. The third kappa shape index (κ3) is 5.06. The summed E-state index contributed by atoms with van der Waals surface area (Å²) < 4.78 is 7.04. The molecule has 0 bridgehead atoms. The molecule has 21 heavy (non-hydrogen) atoms. The van der Waals surface area contributed by atoms with Crippen LogP contribution in [0.2, 0.25) is 0 Å². The quantitative estimate of drug-likeness (QED) is 0.758. The van der Waals surface area contributed by atoms with Crippen LogP contribution in [0.25, 0.3) is 0 Å². The number of nitrogens with zero attached hydrogens (tertiary/aromatic N) is 1. The smallest absolute Gasteiger partial charge is 0.0599 e. The van der Waals surface area contributed by atoms with Crippen molar-refractivity contribution in [1.29, 1.82) is 0 Å². The zero-order valence-electron chi connectivity index (χ0n) is 12.9. The van der Waals surface area contributed by atoms with Gasteiger partial charge in [-0.2, -0.15) is 0 Å². The molecule has 4 heteroatoms. The van der Waals surface area contributed by atoms with Gasteiger partial charge in [0, 0.05) is 30.2 Å². The summed E-state index contributed by atoms with van der Waals surface area (Å²) in [7, 11) is 0. The Morgan fingerprint density at radius 3 is 2.52 bits per heavy atom. The molecule has 0 radical (unpaired) electrons. The molecule has 1 aromatic carbocycles. The van der Waals surface area contributed by atoms with E-state index in [1.807, 2.05) is 0 Å². The van der Waals surface area contributed by atoms with E-state index in [9.17, 15) is 0 Å². The van der Waals surface area contributed by atoms with E-state index in [-0.39, 0.29) is 0 Å². The zero-order chi connectivity index (χ0) is 15.1. The van der Waals surface area contributed by atoms with Crippen molar-refractivity contribution < 1.29 is 4.74 Å². The van der Waals surface area contributed by atoms with Gasteiger partial charge in [-0.1, -0.05) is 35.0 Å². The molecule has 118 valence electrons. The lowest BCUT2D eigenvalue weighted by Crippen LogP contribution is -2.39. The summed E-state index contributed by atoms with van der Waals surface area (Å²) in [5, 5.41) is 0. The number of halogens is 1. The minimum atomic E-state index is 0.426. The van der Waals surface area contributed by atoms with E-state index >= 15 is 0 Å². The zero-order valence-corrected chi connectivity index (χ0v) is 14.5. The Hall–Kier alpha value is -0.420. The van der Waals surface area contributed by atoms with E-state index in [2.05, 4.69) is 52.0 Å². The van der Waals surface area contributed by atoms with Crippen LogP contribution in [0.4, 0.5) is 0 Å². The highest BCUT2D eigenvalue weighted by Crippen LogP contribution is 2.29. The number of nitrogens with two attached hydrogens (primary N) is 1. The minimum absolute atomic E-state index is 0.426. The lowest BCUT2D eigenvalue weighted by molar-refractivity contribution is -0.00296. The summed E-state index contributed by atoms with van der Waals surface area (Å²) in [5.74, 6) is 0. The maximum atomic E-state index is 5.89. The second kappa shape index (κ2) is 8.89. The highest BCUT2D eigenvalue weighted by Gasteiger charge is 2.25. The van der Waals surface area contributed by atoms with Crippen molar-refractivity contribution >= 4 is 15.9 Å². The fourth-order valence-electron chi connectivity index (χ4n) is 3.08. The third-order valence-electron chi connectivity index (χ3n) is 4.26. The van der Waals surface area contributed by atoms with E-state index in [1.54, 1.807) is 0 Å². The maximum Gasteiger partial charge on any atom is 0.0599 e. The van der Waals surface area contributed by atoms with Crippen molar-refractivity contribution in [1.82, 2.24) is 4.90 Å². The van der Waals surface area contributed by atoms with Crippen molar-refractivity contribution in [3.63, 3.8) is 0 Å². The number of benzene rings is 1. The molecule has 1 aliphatic rings. The summed E-state index contributed by atoms with van der Waals surface area (Å²) in [6.45, 7) is 6.06. The first kappa shape index (κ1) is 16.9. The first-order valence-electron chi connectivity index (χ1n) is 8.05. The Kier molecular flexibility index (Phi) is 7.17. The van der Waals surface area contributed by atoms with Crippen LogP contribution in [-0.4, -0.2) is 37.2 Å². The fraction of sp³-hybridized carbons (Fsp3) is 0.647. The summed E-state index contributed by atoms with van der Waals surface area (Å²) >= 11 is 3.51. The highest BCUT2D eigenvalue weighted by molar-refractivity contribution is 9.10. The van der Waals surface area contributed by atoms with Gasteiger partial charge in [0.2, 0.25) is 0 Å². The van der Waals surface area contributed by atoms with Gasteiger partial charge in [0.1, 0.15) is 0 Å². The van der Waals surface area contributed by atoms with E-state index in [4.69, 9.17) is 10.5 Å². The van der Waals surface area contributed by atoms with Gasteiger partial charge in [0.05, 0.1) is 6.10 Å². The first-order valence-corrected chi connectivity index (χ1v) is 8.85. The first-order chi connectivity index (χ1) is 10.2. The predicted molar refractivity (Wildman–Crippen MR) is 91.4 cm³/mol. The number of hydrogen-bond acceptors (Lipinski definition) is 3. The number of likely N-dealkylation sites (tertiary alicyclic amines) is 1. The molecule has 1 aromatic rings. The summed E-state index contributed by atoms with van der Waals surface area (Å²) in [4.78, 5) is 2.60. The van der Waals surface area contributed by atoms with Crippen molar-refractivity contribution in [3.05, 3.63) is 34.3 Å². The third-order valence-corrected chi connectivity index (χ3v) is 4.79. The van der Waals surface area contributed by atoms with Crippen LogP contribution in [0, 0.1) is 0 Å². The number of hydrogen-bond donors (Lipinski definition) is 1. The molecule has 0 aromatic heterocycles. The molecule has 0 aliphatic carbocycles. The maximum absolute atomic E-state index is 5.89. The van der Waals surface area contributed by atoms with E-state index in [0.717, 1.165) is 56.4 Å². The van der Waals surface area contributed by atoms with Crippen LogP contribution in [0.1, 0.15) is 44.2 Å². The molecule has 1 aliphatic heterocycles. The van der Waals surface area contributed by atoms with E-state index < -0.39 is 0 Å². The standard InChI is InChI=1S/C17H27BrN2O/c1-2-17(14-4-6-15(18)7-5-14)20-11-8-16(9-12-20)21-13-3-10-19/h4-7,16-17H,2-3,8-13,19H2,1H3. The van der Waals surface area contributed by atoms with Crippen molar-refractivity contribution in [2.24, 2.45) is 5.73 Å². The number of piperidine rings is 1. The number of rotatable bonds is 7. The second-order valence-corrected chi connectivity index (χ2v) is 6.64. The van der Waals surface area contributed by atoms with Gasteiger partial charge >= 0.3 is 0 Å². The van der Waals surface area contributed by atoms with Crippen LogP contribution in [0.3, 0.4) is 0 Å². The summed E-state index contributed by atoms with van der Waals surface area (Å²) in [6.07, 6.45) is 4.82. The molecule has 0 saturated carbocycles. The minimum Gasteiger partial charge on any atom is -0.378 e. The molecule has 1 atom stereocenters. The average Bonchev–Trinajstić information content (AvgIpc) is 2.52. The molecule has 2 N–H and O–H groups in total. The molecule has 1 unspecified atom stereocenters. The van der Waals surface area contributed by atoms with Gasteiger partial charge in [-0.05, 0) is 49.9 Å². The average molecular weight is 355 g/mol. The Morgan fingerprint density at radius 2 is 1.95 bits per heavy atom. The largest absolute Gasteiger partial charge is 0.378 e. The SMILES string of the molecule is CCC(c1ccc(Br)cc1)N1CCC(OCCCN)CC1. The van der Waals surface area contributed by atoms with E-state index in [0.29, 0.717) is 12.1 Å². The molecular weight excluding hydrogens is 328 g/mol. The van der Waals surface area contributed by atoms with Crippen LogP contribution >= 0.6 is 15.9 Å². The monoisotopic (exact) mass is 354 g/mol. The molecule has 1 heterocycles. The van der Waals surface area contributed by atoms with Crippen LogP contribution < -0.4 is 5.73 Å². The Balaban J connectivity index is 1.86. The predicted octanol–water partition coefficient (Wildman–Crippen LogP) is 3.73. The van der Waals surface area contributed by atoms with Crippen LogP contribution in [-0.2, 0) is 4.74 Å². The second-order valence-electron chi connectivity index (χ2n) is 5.72. The molecule has 2 rings (SSSR count). The Labute approximate surface area is 137 Å². The topological polar surface area (TPSA) is 38.5 Å². The van der Waals surface area contributed by atoms with Crippen molar-refractivity contribution in [3.8, 4) is 0 Å². The molecule has 1 fully saturated rings. The molecule has 1 saturated heterocycles. The fourth-order valence-corrected chi connectivity index (χ4v) is 3.34. The van der Waals surface area contributed by atoms with Crippen LogP contribution in [0.5, 0.6) is 0 Å². The van der Waals surface area contributed by atoms with Gasteiger partial charge in [0.25, 0.3) is 0 Å². The van der Waals surface area contributed by atoms with Crippen LogP contribution in [0.15, 0.2) is 28.7 Å². The molecule has 0 amide bonds. The van der Waals surface area contributed by atoms with Gasteiger partial charge in [-0.15, -0.1) is 0 Å². The van der Waals surface area contributed by atoms with Gasteiger partial charge in [-0.25, -0.2) is 0 Å². The summed E-state index contributed by atoms with van der Waals surface area (Å²) in [6, 6.07) is 9.29. The number of ether oxygens (including phenoxy) is 1. The van der Waals surface area contributed by atoms with Gasteiger partial charge in [0.15, 0.2) is 0 Å². The van der Waals surface area contributed by atoms with Crippen molar-refractivity contribution in [2.75, 3.05) is 26.2 Å². The highest BCUT2D eigenvalue weighted by atomic mass is 79.9. The van der Waals surface area contributed by atoms with Gasteiger partial charge in [-0.3, -0.25) is 4.90 Å².